The molecule has 0 aliphatic carbocycles. The normalized spacial score (nSPS) is 11.5. The highest BCUT2D eigenvalue weighted by Gasteiger charge is 2.09. The molecule has 0 radical (unpaired) electrons. The molecule has 2 aromatic heterocycles. The molecule has 0 amide bonds. The second kappa shape index (κ2) is 4.91. The molecule has 0 N–H and O–H groups in total. The molecule has 0 aromatic carbocycles. The Morgan fingerprint density at radius 3 is 2.21 bits per heavy atom. The third-order valence-corrected chi connectivity index (χ3v) is 3.49. The lowest BCUT2D eigenvalue weighted by atomic mass is 10.1. The largest absolute Gasteiger partial charge is 0.271 e. The first-order chi connectivity index (χ1) is 8.90. The van der Waals surface area contributed by atoms with Gasteiger partial charge in [-0.05, 0) is 45.7 Å². The smallest absolute Gasteiger partial charge is 0.195 e. The Morgan fingerprint density at radius 1 is 0.947 bits per heavy atom. The van der Waals surface area contributed by atoms with Gasteiger partial charge in [0.05, 0.1) is 5.69 Å². The van der Waals surface area contributed by atoms with Gasteiger partial charge in [0.15, 0.2) is 5.82 Å². The average molecular weight is 257 g/mol. The molecule has 0 saturated heterocycles. The van der Waals surface area contributed by atoms with E-state index in [4.69, 9.17) is 0 Å². The molecule has 19 heavy (non-hydrogen) atoms. The lowest BCUT2D eigenvalue weighted by Gasteiger charge is -2.08. The van der Waals surface area contributed by atoms with E-state index in [-0.39, 0.29) is 0 Å². The fourth-order valence-corrected chi connectivity index (χ4v) is 1.95. The maximum atomic E-state index is 4.49. The van der Waals surface area contributed by atoms with Crippen LogP contribution in [0.25, 0.3) is 0 Å². The van der Waals surface area contributed by atoms with Crippen LogP contribution in [0.5, 0.6) is 0 Å². The fourth-order valence-electron chi connectivity index (χ4n) is 1.95. The van der Waals surface area contributed by atoms with Crippen LogP contribution in [0.1, 0.15) is 28.2 Å². The summed E-state index contributed by atoms with van der Waals surface area (Å²) in [6.07, 6.45) is 0. The maximum Gasteiger partial charge on any atom is 0.195 e. The van der Waals surface area contributed by atoms with E-state index in [0.29, 0.717) is 5.82 Å². The molecule has 2 heterocycles. The van der Waals surface area contributed by atoms with E-state index >= 15 is 0 Å². The quantitative estimate of drug-likeness (QED) is 0.769. The predicted molar refractivity (Wildman–Crippen MR) is 75.3 cm³/mol. The summed E-state index contributed by atoms with van der Waals surface area (Å²) in [7, 11) is 1.89. The molecular weight excluding hydrogens is 238 g/mol. The van der Waals surface area contributed by atoms with Gasteiger partial charge < -0.3 is 0 Å². The summed E-state index contributed by atoms with van der Waals surface area (Å²) >= 11 is 0. The summed E-state index contributed by atoms with van der Waals surface area (Å²) in [4.78, 5) is 4.49. The van der Waals surface area contributed by atoms with E-state index in [1.807, 2.05) is 33.9 Å². The summed E-state index contributed by atoms with van der Waals surface area (Å²) in [5.41, 5.74) is 6.13. The van der Waals surface area contributed by atoms with Crippen molar-refractivity contribution < 1.29 is 0 Å². The van der Waals surface area contributed by atoms with Crippen molar-refractivity contribution >= 4 is 11.5 Å². The van der Waals surface area contributed by atoms with Gasteiger partial charge in [0.2, 0.25) is 0 Å². The fraction of sp³-hybridized carbons (Fsp3) is 0.429. The van der Waals surface area contributed by atoms with E-state index < -0.39 is 0 Å². The van der Waals surface area contributed by atoms with Crippen molar-refractivity contribution in [2.24, 2.45) is 17.3 Å². The Kier molecular flexibility index (Phi) is 3.46. The zero-order chi connectivity index (χ0) is 14.2. The molecule has 0 saturated carbocycles. The second-order valence-electron chi connectivity index (χ2n) is 4.85. The van der Waals surface area contributed by atoms with E-state index in [1.54, 1.807) is 4.68 Å². The summed E-state index contributed by atoms with van der Waals surface area (Å²) < 4.78 is 1.78. The van der Waals surface area contributed by atoms with Crippen LogP contribution in [0.2, 0.25) is 0 Å². The number of rotatable bonds is 2. The molecular formula is C14H19N5. The van der Waals surface area contributed by atoms with Gasteiger partial charge in [-0.2, -0.15) is 5.10 Å². The minimum absolute atomic E-state index is 0.622. The number of pyridine rings is 1. The minimum atomic E-state index is 0.622. The lowest BCUT2D eigenvalue weighted by molar-refractivity contribution is 0.739. The number of aromatic nitrogens is 3. The van der Waals surface area contributed by atoms with Crippen molar-refractivity contribution in [1.29, 1.82) is 0 Å². The first-order valence-electron chi connectivity index (χ1n) is 6.27. The zero-order valence-corrected chi connectivity index (χ0v) is 12.3. The second-order valence-corrected chi connectivity index (χ2v) is 4.85. The van der Waals surface area contributed by atoms with Crippen LogP contribution in [0, 0.1) is 34.6 Å². The molecule has 0 atom stereocenters. The van der Waals surface area contributed by atoms with E-state index in [2.05, 4.69) is 34.2 Å². The molecule has 2 rings (SSSR count). The maximum absolute atomic E-state index is 4.49. The van der Waals surface area contributed by atoms with Crippen molar-refractivity contribution in [3.05, 3.63) is 34.3 Å². The molecule has 0 spiro atoms. The Bertz CT molecular complexity index is 633. The molecule has 100 valence electrons. The van der Waals surface area contributed by atoms with Crippen molar-refractivity contribution in [3.8, 4) is 0 Å². The van der Waals surface area contributed by atoms with Crippen LogP contribution in [-0.4, -0.2) is 14.8 Å². The van der Waals surface area contributed by atoms with Gasteiger partial charge in [-0.15, -0.1) is 10.2 Å². The van der Waals surface area contributed by atoms with Crippen molar-refractivity contribution in [2.75, 3.05) is 0 Å². The summed E-state index contributed by atoms with van der Waals surface area (Å²) in [6, 6.07) is 1.91. The highest BCUT2D eigenvalue weighted by atomic mass is 15.3. The number of hydrogen-bond acceptors (Lipinski definition) is 4. The third-order valence-electron chi connectivity index (χ3n) is 3.49. The van der Waals surface area contributed by atoms with E-state index in [1.165, 1.54) is 0 Å². The molecule has 0 unspecified atom stereocenters. The monoisotopic (exact) mass is 257 g/mol. The van der Waals surface area contributed by atoms with Crippen LogP contribution in [0.15, 0.2) is 16.3 Å². The Labute approximate surface area is 113 Å². The van der Waals surface area contributed by atoms with Crippen LogP contribution in [-0.2, 0) is 7.05 Å². The van der Waals surface area contributed by atoms with Crippen LogP contribution >= 0.6 is 0 Å². The van der Waals surface area contributed by atoms with Gasteiger partial charge in [-0.3, -0.25) is 9.67 Å². The molecule has 2 aromatic rings. The SMILES string of the molecule is Cc1nc(C)c(N=Nc2cc(C)n(C)n2)c(C)c1C. The first-order valence-corrected chi connectivity index (χ1v) is 6.27. The van der Waals surface area contributed by atoms with Gasteiger partial charge in [0.1, 0.15) is 5.69 Å². The summed E-state index contributed by atoms with van der Waals surface area (Å²) in [6.45, 7) is 10.1. The van der Waals surface area contributed by atoms with E-state index in [0.717, 1.165) is 33.9 Å². The van der Waals surface area contributed by atoms with Gasteiger partial charge in [0, 0.05) is 24.5 Å². The predicted octanol–water partition coefficient (Wildman–Crippen LogP) is 3.77. The molecule has 0 fully saturated rings. The highest BCUT2D eigenvalue weighted by Crippen LogP contribution is 2.28. The average Bonchev–Trinajstić information content (AvgIpc) is 2.66. The van der Waals surface area contributed by atoms with Gasteiger partial charge in [0.25, 0.3) is 0 Å². The number of hydrogen-bond donors (Lipinski definition) is 0. The third kappa shape index (κ3) is 2.54. The van der Waals surface area contributed by atoms with Crippen LogP contribution in [0.3, 0.4) is 0 Å². The topological polar surface area (TPSA) is 55.4 Å². The molecule has 0 bridgehead atoms. The van der Waals surface area contributed by atoms with Crippen molar-refractivity contribution in [2.45, 2.75) is 34.6 Å². The Balaban J connectivity index is 2.41. The number of aryl methyl sites for hydroxylation is 4. The van der Waals surface area contributed by atoms with Crippen molar-refractivity contribution in [1.82, 2.24) is 14.8 Å². The standard InChI is InChI=1S/C14H19N5/c1-8-7-13(18-19(8)6)16-17-14-10(3)9(2)11(4)15-12(14)5/h7H,1-6H3. The molecule has 0 aliphatic rings. The minimum Gasteiger partial charge on any atom is -0.271 e. The Hall–Kier alpha value is -2.04. The lowest BCUT2D eigenvalue weighted by Crippen LogP contribution is -1.95. The summed E-state index contributed by atoms with van der Waals surface area (Å²) in [5.74, 6) is 0.622. The van der Waals surface area contributed by atoms with Gasteiger partial charge >= 0.3 is 0 Å². The number of azo groups is 1. The Morgan fingerprint density at radius 2 is 1.63 bits per heavy atom. The van der Waals surface area contributed by atoms with Gasteiger partial charge in [-0.25, -0.2) is 0 Å². The van der Waals surface area contributed by atoms with Crippen LogP contribution in [0.4, 0.5) is 11.5 Å². The summed E-state index contributed by atoms with van der Waals surface area (Å²) in [5, 5.41) is 12.8. The van der Waals surface area contributed by atoms with Crippen LogP contribution < -0.4 is 0 Å². The number of nitrogens with zero attached hydrogens (tertiary/aromatic N) is 5. The zero-order valence-electron chi connectivity index (χ0n) is 12.3. The first kappa shape index (κ1) is 13.4. The van der Waals surface area contributed by atoms with E-state index in [9.17, 15) is 0 Å². The molecule has 5 heteroatoms. The highest BCUT2D eigenvalue weighted by molar-refractivity contribution is 5.53. The molecule has 0 aliphatic heterocycles. The molecule has 5 nitrogen and oxygen atoms in total. The van der Waals surface area contributed by atoms with Gasteiger partial charge in [-0.1, -0.05) is 0 Å². The van der Waals surface area contributed by atoms with Crippen molar-refractivity contribution in [3.63, 3.8) is 0 Å².